The molecule has 114 valence electrons. The number of rotatable bonds is 2. The normalized spacial score (nSPS) is 26.5. The second-order valence-electron chi connectivity index (χ2n) is 6.41. The van der Waals surface area contributed by atoms with Gasteiger partial charge in [-0.25, -0.2) is 0 Å². The molecule has 0 saturated carbocycles. The first-order valence-corrected chi connectivity index (χ1v) is 8.61. The molecule has 0 amide bonds. The first-order chi connectivity index (χ1) is 10.1. The Morgan fingerprint density at radius 3 is 2.81 bits per heavy atom. The van der Waals surface area contributed by atoms with E-state index in [1.54, 1.807) is 6.92 Å². The molecule has 0 aromatic heterocycles. The number of ketones is 1. The molecule has 2 fully saturated rings. The summed E-state index contributed by atoms with van der Waals surface area (Å²) in [6.45, 7) is 5.10. The van der Waals surface area contributed by atoms with Gasteiger partial charge in [0.1, 0.15) is 0 Å². The molecule has 0 bridgehead atoms. The van der Waals surface area contributed by atoms with Crippen LogP contribution in [0.25, 0.3) is 0 Å². The average molecular weight is 351 g/mol. The van der Waals surface area contributed by atoms with E-state index in [1.165, 1.54) is 31.5 Å². The lowest BCUT2D eigenvalue weighted by Gasteiger charge is -2.46. The van der Waals surface area contributed by atoms with Crippen molar-refractivity contribution in [1.29, 1.82) is 0 Å². The van der Waals surface area contributed by atoms with Crippen molar-refractivity contribution in [3.05, 3.63) is 28.2 Å². The lowest BCUT2D eigenvalue weighted by Crippen LogP contribution is -2.52. The summed E-state index contributed by atoms with van der Waals surface area (Å²) in [5.74, 6) is 0.895. The van der Waals surface area contributed by atoms with Gasteiger partial charge in [-0.05, 0) is 79.8 Å². The summed E-state index contributed by atoms with van der Waals surface area (Å²) in [7, 11) is 2.27. The Morgan fingerprint density at radius 2 is 2.10 bits per heavy atom. The smallest absolute Gasteiger partial charge is 0.159 e. The number of Topliss-reactive ketones (excluding diaryl/α,β-unsaturated/α-hetero) is 1. The van der Waals surface area contributed by atoms with Crippen LogP contribution in [0.1, 0.15) is 36.5 Å². The fourth-order valence-electron chi connectivity index (χ4n) is 3.85. The van der Waals surface area contributed by atoms with E-state index in [9.17, 15) is 4.79 Å². The van der Waals surface area contributed by atoms with E-state index >= 15 is 0 Å². The molecule has 1 aromatic rings. The van der Waals surface area contributed by atoms with Crippen LogP contribution < -0.4 is 4.90 Å². The van der Waals surface area contributed by atoms with Crippen molar-refractivity contribution >= 4 is 27.4 Å². The monoisotopic (exact) mass is 350 g/mol. The van der Waals surface area contributed by atoms with Crippen molar-refractivity contribution in [2.75, 3.05) is 31.6 Å². The van der Waals surface area contributed by atoms with Crippen LogP contribution in [0.3, 0.4) is 0 Å². The molecule has 2 unspecified atom stereocenters. The summed E-state index contributed by atoms with van der Waals surface area (Å²) in [5, 5.41) is 0. The lowest BCUT2D eigenvalue weighted by atomic mass is 9.84. The van der Waals surface area contributed by atoms with Gasteiger partial charge in [-0.15, -0.1) is 0 Å². The second-order valence-corrected chi connectivity index (χ2v) is 7.26. The minimum Gasteiger partial charge on any atom is -0.370 e. The third-order valence-electron chi connectivity index (χ3n) is 5.04. The molecule has 0 aliphatic carbocycles. The van der Waals surface area contributed by atoms with E-state index in [2.05, 4.69) is 38.8 Å². The summed E-state index contributed by atoms with van der Waals surface area (Å²) in [6.07, 6.45) is 3.90. The molecule has 3 rings (SSSR count). The van der Waals surface area contributed by atoms with Crippen molar-refractivity contribution in [2.24, 2.45) is 5.92 Å². The Hall–Kier alpha value is -0.870. The Balaban J connectivity index is 1.78. The van der Waals surface area contributed by atoms with E-state index in [0.29, 0.717) is 0 Å². The number of fused-ring (bicyclic) bond motifs is 1. The van der Waals surface area contributed by atoms with Crippen LogP contribution in [0.15, 0.2) is 22.7 Å². The molecule has 0 spiro atoms. The number of halogens is 1. The zero-order valence-electron chi connectivity index (χ0n) is 12.8. The molecule has 2 atom stereocenters. The highest BCUT2D eigenvalue weighted by molar-refractivity contribution is 9.10. The predicted octanol–water partition coefficient (Wildman–Crippen LogP) is 3.57. The van der Waals surface area contributed by atoms with Crippen LogP contribution in [0.5, 0.6) is 0 Å². The van der Waals surface area contributed by atoms with Gasteiger partial charge in [0.25, 0.3) is 0 Å². The van der Waals surface area contributed by atoms with Crippen molar-refractivity contribution < 1.29 is 4.79 Å². The predicted molar refractivity (Wildman–Crippen MR) is 90.1 cm³/mol. The fourth-order valence-corrected chi connectivity index (χ4v) is 4.48. The summed E-state index contributed by atoms with van der Waals surface area (Å²) in [6, 6.07) is 6.75. The standard InChI is InChI=1S/C17H23BrN2O/c1-12(21)13-5-6-17(15(18)10-13)20-9-7-16-14(11-20)4-3-8-19(16)2/h5-6,10,14,16H,3-4,7-9,11H2,1-2H3. The molecule has 0 radical (unpaired) electrons. The van der Waals surface area contributed by atoms with Gasteiger partial charge in [0, 0.05) is 29.2 Å². The van der Waals surface area contributed by atoms with E-state index in [-0.39, 0.29) is 5.78 Å². The van der Waals surface area contributed by atoms with Gasteiger partial charge in [0.15, 0.2) is 5.78 Å². The number of hydrogen-bond donors (Lipinski definition) is 0. The zero-order chi connectivity index (χ0) is 15.0. The first kappa shape index (κ1) is 15.0. The van der Waals surface area contributed by atoms with Gasteiger partial charge in [-0.2, -0.15) is 0 Å². The van der Waals surface area contributed by atoms with Crippen LogP contribution in [0.4, 0.5) is 5.69 Å². The van der Waals surface area contributed by atoms with Crippen molar-refractivity contribution in [3.8, 4) is 0 Å². The van der Waals surface area contributed by atoms with E-state index in [0.717, 1.165) is 35.1 Å². The number of piperidine rings is 2. The molecule has 21 heavy (non-hydrogen) atoms. The summed E-state index contributed by atoms with van der Waals surface area (Å²) >= 11 is 3.65. The Bertz CT molecular complexity index is 546. The van der Waals surface area contributed by atoms with Crippen LogP contribution >= 0.6 is 15.9 Å². The molecule has 2 aliphatic rings. The third-order valence-corrected chi connectivity index (χ3v) is 5.68. The molecule has 2 saturated heterocycles. The number of likely N-dealkylation sites (tertiary alicyclic amines) is 1. The van der Waals surface area contributed by atoms with Gasteiger partial charge in [0.05, 0.1) is 5.69 Å². The first-order valence-electron chi connectivity index (χ1n) is 7.82. The molecule has 0 N–H and O–H groups in total. The van der Waals surface area contributed by atoms with Crippen LogP contribution in [-0.2, 0) is 0 Å². The van der Waals surface area contributed by atoms with Gasteiger partial charge < -0.3 is 9.80 Å². The van der Waals surface area contributed by atoms with Gasteiger partial charge in [-0.1, -0.05) is 0 Å². The Morgan fingerprint density at radius 1 is 1.29 bits per heavy atom. The number of benzene rings is 1. The van der Waals surface area contributed by atoms with Crippen LogP contribution in [0, 0.1) is 5.92 Å². The molecule has 2 heterocycles. The topological polar surface area (TPSA) is 23.6 Å². The number of carbonyl (C=O) groups is 1. The highest BCUT2D eigenvalue weighted by Crippen LogP contribution is 2.35. The number of hydrogen-bond acceptors (Lipinski definition) is 3. The molecule has 3 nitrogen and oxygen atoms in total. The Kier molecular flexibility index (Phi) is 4.36. The van der Waals surface area contributed by atoms with Crippen molar-refractivity contribution in [2.45, 2.75) is 32.2 Å². The van der Waals surface area contributed by atoms with E-state index < -0.39 is 0 Å². The molecular weight excluding hydrogens is 328 g/mol. The van der Waals surface area contributed by atoms with Crippen molar-refractivity contribution in [1.82, 2.24) is 4.90 Å². The summed E-state index contributed by atoms with van der Waals surface area (Å²) in [4.78, 5) is 16.5. The van der Waals surface area contributed by atoms with Gasteiger partial charge in [0.2, 0.25) is 0 Å². The van der Waals surface area contributed by atoms with Crippen LogP contribution in [0.2, 0.25) is 0 Å². The SMILES string of the molecule is CC(=O)c1ccc(N2CCC3C(CCCN3C)C2)c(Br)c1. The second kappa shape index (κ2) is 6.09. The zero-order valence-corrected chi connectivity index (χ0v) is 14.4. The maximum absolute atomic E-state index is 11.5. The van der Waals surface area contributed by atoms with Gasteiger partial charge >= 0.3 is 0 Å². The maximum atomic E-state index is 11.5. The average Bonchev–Trinajstić information content (AvgIpc) is 2.47. The van der Waals surface area contributed by atoms with Crippen molar-refractivity contribution in [3.63, 3.8) is 0 Å². The van der Waals surface area contributed by atoms with E-state index in [4.69, 9.17) is 0 Å². The molecule has 4 heteroatoms. The summed E-state index contributed by atoms with van der Waals surface area (Å²) in [5.41, 5.74) is 2.00. The van der Waals surface area contributed by atoms with Gasteiger partial charge in [-0.3, -0.25) is 4.79 Å². The maximum Gasteiger partial charge on any atom is 0.159 e. The quantitative estimate of drug-likeness (QED) is 0.761. The highest BCUT2D eigenvalue weighted by atomic mass is 79.9. The Labute approximate surface area is 135 Å². The molecular formula is C17H23BrN2O. The number of anilines is 1. The van der Waals surface area contributed by atoms with E-state index in [1.807, 2.05) is 12.1 Å². The minimum atomic E-state index is 0.120. The van der Waals surface area contributed by atoms with Crippen LogP contribution in [-0.4, -0.2) is 43.4 Å². The minimum absolute atomic E-state index is 0.120. The fraction of sp³-hybridized carbons (Fsp3) is 0.588. The third kappa shape index (κ3) is 3.02. The summed E-state index contributed by atoms with van der Waals surface area (Å²) < 4.78 is 1.04. The molecule has 2 aliphatic heterocycles. The molecule has 1 aromatic carbocycles. The number of nitrogens with zero attached hydrogens (tertiary/aromatic N) is 2. The largest absolute Gasteiger partial charge is 0.370 e. The lowest BCUT2D eigenvalue weighted by molar-refractivity contribution is 0.101. The highest BCUT2D eigenvalue weighted by Gasteiger charge is 2.34. The number of carbonyl (C=O) groups excluding carboxylic acids is 1.